The third kappa shape index (κ3) is 4.63. The topological polar surface area (TPSA) is 15.3 Å². The Morgan fingerprint density at radius 1 is 1.32 bits per heavy atom. The normalized spacial score (nSPS) is 27.5. The molecule has 114 valence electrons. The molecule has 0 aromatic rings. The standard InChI is InChI=1S/C14H27F3N2/c1-10(2)19(9-14(15,16)17)8-11-6-7-13(3,4)12(11)18-5/h10-12,18H,6-9H2,1-5H3. The molecule has 0 spiro atoms. The first kappa shape index (κ1) is 16.8. The number of nitrogens with one attached hydrogen (secondary N) is 1. The number of alkyl halides is 3. The fourth-order valence-corrected chi connectivity index (χ4v) is 3.33. The fourth-order valence-electron chi connectivity index (χ4n) is 3.33. The molecule has 1 rings (SSSR count). The van der Waals surface area contributed by atoms with E-state index in [9.17, 15) is 13.2 Å². The molecular formula is C14H27F3N2. The average molecular weight is 280 g/mol. The molecule has 19 heavy (non-hydrogen) atoms. The van der Waals surface area contributed by atoms with Crippen LogP contribution in [0.4, 0.5) is 13.2 Å². The summed E-state index contributed by atoms with van der Waals surface area (Å²) in [4.78, 5) is 1.55. The van der Waals surface area contributed by atoms with Crippen LogP contribution in [0, 0.1) is 11.3 Å². The second kappa shape index (κ2) is 6.00. The Kier molecular flexibility index (Phi) is 5.29. The van der Waals surface area contributed by atoms with Crippen LogP contribution in [0.15, 0.2) is 0 Å². The zero-order valence-corrected chi connectivity index (χ0v) is 12.6. The Labute approximate surface area is 114 Å². The minimum Gasteiger partial charge on any atom is -0.316 e. The summed E-state index contributed by atoms with van der Waals surface area (Å²) in [5.41, 5.74) is 0.167. The van der Waals surface area contributed by atoms with Crippen LogP contribution in [-0.4, -0.2) is 43.3 Å². The Hall–Kier alpha value is -0.290. The van der Waals surface area contributed by atoms with Gasteiger partial charge in [-0.05, 0) is 45.1 Å². The Bertz CT molecular complexity index is 287. The highest BCUT2D eigenvalue weighted by molar-refractivity contribution is 4.96. The van der Waals surface area contributed by atoms with Crippen LogP contribution in [0.1, 0.15) is 40.5 Å². The van der Waals surface area contributed by atoms with Crippen molar-refractivity contribution in [2.45, 2.75) is 58.8 Å². The lowest BCUT2D eigenvalue weighted by molar-refractivity contribution is -0.151. The number of halogens is 3. The zero-order chi connectivity index (χ0) is 14.8. The Balaban J connectivity index is 2.70. The molecule has 2 unspecified atom stereocenters. The van der Waals surface area contributed by atoms with E-state index in [4.69, 9.17) is 0 Å². The van der Waals surface area contributed by atoms with Gasteiger partial charge >= 0.3 is 6.18 Å². The van der Waals surface area contributed by atoms with E-state index in [2.05, 4.69) is 19.2 Å². The smallest absolute Gasteiger partial charge is 0.316 e. The van der Waals surface area contributed by atoms with Gasteiger partial charge in [0.05, 0.1) is 6.54 Å². The molecule has 0 saturated heterocycles. The van der Waals surface area contributed by atoms with Gasteiger partial charge in [0.15, 0.2) is 0 Å². The largest absolute Gasteiger partial charge is 0.401 e. The molecule has 0 radical (unpaired) electrons. The van der Waals surface area contributed by atoms with Crippen LogP contribution in [-0.2, 0) is 0 Å². The van der Waals surface area contributed by atoms with Crippen LogP contribution < -0.4 is 5.32 Å². The first-order chi connectivity index (χ1) is 8.57. The lowest BCUT2D eigenvalue weighted by atomic mass is 9.84. The second-order valence-electron chi connectivity index (χ2n) is 6.69. The van der Waals surface area contributed by atoms with Gasteiger partial charge in [0, 0.05) is 18.6 Å². The Morgan fingerprint density at radius 2 is 1.89 bits per heavy atom. The van der Waals surface area contributed by atoms with Gasteiger partial charge in [0.25, 0.3) is 0 Å². The Morgan fingerprint density at radius 3 is 2.32 bits per heavy atom. The van der Waals surface area contributed by atoms with Crippen LogP contribution in [0.2, 0.25) is 0 Å². The predicted molar refractivity (Wildman–Crippen MR) is 72.1 cm³/mol. The van der Waals surface area contributed by atoms with E-state index in [1.54, 1.807) is 4.90 Å². The van der Waals surface area contributed by atoms with Crippen molar-refractivity contribution in [1.82, 2.24) is 10.2 Å². The van der Waals surface area contributed by atoms with Crippen molar-refractivity contribution in [3.8, 4) is 0 Å². The molecule has 1 saturated carbocycles. The van der Waals surface area contributed by atoms with Crippen molar-refractivity contribution >= 4 is 0 Å². The molecule has 0 aromatic carbocycles. The molecule has 1 fully saturated rings. The number of rotatable bonds is 5. The molecule has 0 aromatic heterocycles. The van der Waals surface area contributed by atoms with Gasteiger partial charge < -0.3 is 5.32 Å². The summed E-state index contributed by atoms with van der Waals surface area (Å²) in [6, 6.07) is 0.213. The predicted octanol–water partition coefficient (Wildman–Crippen LogP) is 3.28. The van der Waals surface area contributed by atoms with E-state index in [-0.39, 0.29) is 11.5 Å². The maximum Gasteiger partial charge on any atom is 0.401 e. The molecular weight excluding hydrogens is 253 g/mol. The lowest BCUT2D eigenvalue weighted by Gasteiger charge is -2.35. The molecule has 0 bridgehead atoms. The first-order valence-corrected chi connectivity index (χ1v) is 7.05. The highest BCUT2D eigenvalue weighted by Gasteiger charge is 2.42. The van der Waals surface area contributed by atoms with Gasteiger partial charge in [0.2, 0.25) is 0 Å². The summed E-state index contributed by atoms with van der Waals surface area (Å²) >= 11 is 0. The third-order valence-electron chi connectivity index (χ3n) is 4.37. The average Bonchev–Trinajstić information content (AvgIpc) is 2.50. The molecule has 1 N–H and O–H groups in total. The SMILES string of the molecule is CNC1C(CN(CC(F)(F)F)C(C)C)CCC1(C)C. The van der Waals surface area contributed by atoms with Gasteiger partial charge in [-0.3, -0.25) is 4.90 Å². The molecule has 0 heterocycles. The van der Waals surface area contributed by atoms with Crippen LogP contribution in [0.3, 0.4) is 0 Å². The summed E-state index contributed by atoms with van der Waals surface area (Å²) < 4.78 is 37.8. The van der Waals surface area contributed by atoms with Crippen molar-refractivity contribution in [3.05, 3.63) is 0 Å². The van der Waals surface area contributed by atoms with E-state index in [0.717, 1.165) is 12.8 Å². The second-order valence-corrected chi connectivity index (χ2v) is 6.69. The van der Waals surface area contributed by atoms with Gasteiger partial charge in [0.1, 0.15) is 0 Å². The molecule has 1 aliphatic rings. The van der Waals surface area contributed by atoms with Crippen molar-refractivity contribution in [2.75, 3.05) is 20.1 Å². The quantitative estimate of drug-likeness (QED) is 0.831. The van der Waals surface area contributed by atoms with Crippen LogP contribution >= 0.6 is 0 Å². The molecule has 5 heteroatoms. The van der Waals surface area contributed by atoms with Gasteiger partial charge in [-0.2, -0.15) is 13.2 Å². The van der Waals surface area contributed by atoms with E-state index >= 15 is 0 Å². The van der Waals surface area contributed by atoms with E-state index in [1.807, 2.05) is 20.9 Å². The van der Waals surface area contributed by atoms with Crippen LogP contribution in [0.25, 0.3) is 0 Å². The molecule has 0 aliphatic heterocycles. The van der Waals surface area contributed by atoms with Crippen molar-refractivity contribution < 1.29 is 13.2 Å². The van der Waals surface area contributed by atoms with Gasteiger partial charge in [-0.1, -0.05) is 13.8 Å². The van der Waals surface area contributed by atoms with Gasteiger partial charge in [-0.15, -0.1) is 0 Å². The highest BCUT2D eigenvalue weighted by Crippen LogP contribution is 2.41. The fraction of sp³-hybridized carbons (Fsp3) is 1.00. The minimum atomic E-state index is -4.12. The monoisotopic (exact) mass is 280 g/mol. The first-order valence-electron chi connectivity index (χ1n) is 7.05. The molecule has 0 amide bonds. The summed E-state index contributed by atoms with van der Waals surface area (Å²) in [5, 5.41) is 3.30. The van der Waals surface area contributed by atoms with Crippen molar-refractivity contribution in [2.24, 2.45) is 11.3 Å². The zero-order valence-electron chi connectivity index (χ0n) is 12.6. The highest BCUT2D eigenvalue weighted by atomic mass is 19.4. The van der Waals surface area contributed by atoms with E-state index in [0.29, 0.717) is 18.5 Å². The molecule has 2 nitrogen and oxygen atoms in total. The van der Waals surface area contributed by atoms with Gasteiger partial charge in [-0.25, -0.2) is 0 Å². The lowest BCUT2D eigenvalue weighted by Crippen LogP contribution is -2.47. The molecule has 1 aliphatic carbocycles. The summed E-state index contributed by atoms with van der Waals surface area (Å²) in [5.74, 6) is 0.296. The van der Waals surface area contributed by atoms with Crippen molar-refractivity contribution in [3.63, 3.8) is 0 Å². The summed E-state index contributed by atoms with van der Waals surface area (Å²) in [6.07, 6.45) is -2.05. The molecule has 2 atom stereocenters. The number of hydrogen-bond acceptors (Lipinski definition) is 2. The van der Waals surface area contributed by atoms with E-state index < -0.39 is 12.7 Å². The van der Waals surface area contributed by atoms with E-state index in [1.165, 1.54) is 0 Å². The van der Waals surface area contributed by atoms with Crippen molar-refractivity contribution in [1.29, 1.82) is 0 Å². The summed E-state index contributed by atoms with van der Waals surface area (Å²) in [6.45, 7) is 7.76. The minimum absolute atomic E-state index is 0.0807. The van der Waals surface area contributed by atoms with Crippen LogP contribution in [0.5, 0.6) is 0 Å². The summed E-state index contributed by atoms with van der Waals surface area (Å²) in [7, 11) is 1.91. The maximum atomic E-state index is 12.6. The maximum absolute atomic E-state index is 12.6. The third-order valence-corrected chi connectivity index (χ3v) is 4.37. The number of nitrogens with zero attached hydrogens (tertiary/aromatic N) is 1. The number of hydrogen-bond donors (Lipinski definition) is 1.